The molecule has 0 atom stereocenters. The molecule has 6 heteroatoms. The Kier molecular flexibility index (Phi) is 4.80. The lowest BCUT2D eigenvalue weighted by atomic mass is 9.77. The number of aromatic nitrogens is 1. The molecule has 0 aromatic carbocycles. The Labute approximate surface area is 135 Å². The summed E-state index contributed by atoms with van der Waals surface area (Å²) in [5.41, 5.74) is 1.25. The lowest BCUT2D eigenvalue weighted by molar-refractivity contribution is -0.118. The molecule has 1 fully saturated rings. The molecular weight excluding hydrogens is 298 g/mol. The molecule has 5 nitrogen and oxygen atoms in total. The topological polar surface area (TPSA) is 65.5 Å². The first-order valence-electron chi connectivity index (χ1n) is 8.26. The van der Waals surface area contributed by atoms with Gasteiger partial charge in [0.05, 0.1) is 12.2 Å². The van der Waals surface area contributed by atoms with Crippen molar-refractivity contribution in [1.29, 1.82) is 0 Å². The number of anilines is 1. The lowest BCUT2D eigenvalue weighted by Gasteiger charge is -2.39. The minimum Gasteiger partial charge on any atom is -0.396 e. The highest BCUT2D eigenvalue weighted by Crippen LogP contribution is 2.34. The van der Waals surface area contributed by atoms with Crippen LogP contribution in [0.1, 0.15) is 43.2 Å². The summed E-state index contributed by atoms with van der Waals surface area (Å²) < 4.78 is 0. The van der Waals surface area contributed by atoms with Gasteiger partial charge >= 0.3 is 0 Å². The van der Waals surface area contributed by atoms with Crippen molar-refractivity contribution in [3.63, 3.8) is 0 Å². The number of amides is 1. The lowest BCUT2D eigenvalue weighted by Crippen LogP contribution is -2.44. The molecule has 0 spiro atoms. The minimum absolute atomic E-state index is 0.0282. The zero-order chi connectivity index (χ0) is 15.6. The predicted molar refractivity (Wildman–Crippen MR) is 88.3 cm³/mol. The Bertz CT molecular complexity index is 508. The largest absolute Gasteiger partial charge is 0.396 e. The Balaban J connectivity index is 1.48. The van der Waals surface area contributed by atoms with Gasteiger partial charge in [-0.3, -0.25) is 9.69 Å². The van der Waals surface area contributed by atoms with Gasteiger partial charge in [0.1, 0.15) is 0 Å². The van der Waals surface area contributed by atoms with E-state index >= 15 is 0 Å². The van der Waals surface area contributed by atoms with E-state index in [-0.39, 0.29) is 17.9 Å². The van der Waals surface area contributed by atoms with Crippen LogP contribution in [0.25, 0.3) is 0 Å². The molecule has 3 rings (SSSR count). The van der Waals surface area contributed by atoms with Gasteiger partial charge in [0, 0.05) is 11.5 Å². The summed E-state index contributed by atoms with van der Waals surface area (Å²) in [5, 5.41) is 13.3. The van der Waals surface area contributed by atoms with E-state index < -0.39 is 0 Å². The first kappa shape index (κ1) is 15.9. The predicted octanol–water partition coefficient (Wildman–Crippen LogP) is 2.05. The van der Waals surface area contributed by atoms with Crippen LogP contribution in [-0.4, -0.2) is 47.1 Å². The summed E-state index contributed by atoms with van der Waals surface area (Å²) in [5.74, 6) is 0.0282. The van der Waals surface area contributed by atoms with Crippen molar-refractivity contribution in [3.05, 3.63) is 10.6 Å². The molecular formula is C16H25N3O2S. The number of nitrogens with zero attached hydrogens (tertiary/aromatic N) is 2. The van der Waals surface area contributed by atoms with Gasteiger partial charge < -0.3 is 10.4 Å². The van der Waals surface area contributed by atoms with Crippen LogP contribution in [0.5, 0.6) is 0 Å². The Morgan fingerprint density at radius 3 is 2.82 bits per heavy atom. The van der Waals surface area contributed by atoms with Crippen molar-refractivity contribution >= 4 is 22.4 Å². The molecule has 22 heavy (non-hydrogen) atoms. The summed E-state index contributed by atoms with van der Waals surface area (Å²) in [6, 6.07) is 0. The van der Waals surface area contributed by atoms with Crippen LogP contribution in [0.4, 0.5) is 5.13 Å². The number of nitrogens with one attached hydrogen (secondary N) is 1. The van der Waals surface area contributed by atoms with Crippen molar-refractivity contribution in [2.75, 3.05) is 31.6 Å². The van der Waals surface area contributed by atoms with E-state index in [2.05, 4.69) is 22.1 Å². The number of likely N-dealkylation sites (tertiary alicyclic amines) is 1. The fourth-order valence-electron chi connectivity index (χ4n) is 3.41. The molecule has 2 heterocycles. The number of aryl methyl sites for hydroxylation is 2. The molecule has 1 aromatic rings. The van der Waals surface area contributed by atoms with Crippen LogP contribution < -0.4 is 5.32 Å². The Hall–Kier alpha value is -0.980. The standard InChI is InChI=1S/C16H25N3O2S/c1-2-16(11-20)6-8-19(9-7-16)10-14(21)18-15-17-12-4-3-5-13(12)22-15/h20H,2-11H2,1H3,(H,17,18,21). The van der Waals surface area contributed by atoms with E-state index in [4.69, 9.17) is 0 Å². The number of aliphatic hydroxyl groups is 1. The first-order valence-corrected chi connectivity index (χ1v) is 9.07. The maximum Gasteiger partial charge on any atom is 0.240 e. The quantitative estimate of drug-likeness (QED) is 0.870. The fourth-order valence-corrected chi connectivity index (χ4v) is 4.48. The molecule has 2 N–H and O–H groups in total. The molecule has 0 saturated carbocycles. The van der Waals surface area contributed by atoms with Crippen molar-refractivity contribution < 1.29 is 9.90 Å². The molecule has 1 amide bonds. The van der Waals surface area contributed by atoms with Crippen LogP contribution in [-0.2, 0) is 17.6 Å². The minimum atomic E-state index is 0.0282. The SMILES string of the molecule is CCC1(CO)CCN(CC(=O)Nc2nc3c(s2)CCC3)CC1. The van der Waals surface area contributed by atoms with E-state index in [1.807, 2.05) is 0 Å². The van der Waals surface area contributed by atoms with E-state index in [1.54, 1.807) is 11.3 Å². The number of piperidine rings is 1. The molecule has 1 aromatic heterocycles. The summed E-state index contributed by atoms with van der Waals surface area (Å²) >= 11 is 1.62. The molecule has 122 valence electrons. The number of carbonyl (C=O) groups excluding carboxylic acids is 1. The number of rotatable bonds is 5. The van der Waals surface area contributed by atoms with Crippen molar-refractivity contribution in [2.45, 2.75) is 45.4 Å². The molecule has 0 unspecified atom stereocenters. The number of fused-ring (bicyclic) bond motifs is 1. The maximum absolute atomic E-state index is 12.2. The van der Waals surface area contributed by atoms with Crippen LogP contribution in [0, 0.1) is 5.41 Å². The molecule has 1 aliphatic heterocycles. The van der Waals surface area contributed by atoms with E-state index in [1.165, 1.54) is 17.0 Å². The summed E-state index contributed by atoms with van der Waals surface area (Å²) in [4.78, 5) is 20.2. The third kappa shape index (κ3) is 3.34. The third-order valence-electron chi connectivity index (χ3n) is 5.21. The number of carbonyl (C=O) groups is 1. The highest BCUT2D eigenvalue weighted by Gasteiger charge is 2.32. The van der Waals surface area contributed by atoms with Crippen molar-refractivity contribution in [3.8, 4) is 0 Å². The van der Waals surface area contributed by atoms with Crippen LogP contribution in [0.2, 0.25) is 0 Å². The van der Waals surface area contributed by atoms with Gasteiger partial charge in [-0.2, -0.15) is 0 Å². The first-order chi connectivity index (χ1) is 10.6. The van der Waals surface area contributed by atoms with Gasteiger partial charge in [-0.25, -0.2) is 4.98 Å². The number of hydrogen-bond acceptors (Lipinski definition) is 5. The smallest absolute Gasteiger partial charge is 0.240 e. The third-order valence-corrected chi connectivity index (χ3v) is 6.28. The Morgan fingerprint density at radius 2 is 2.18 bits per heavy atom. The Morgan fingerprint density at radius 1 is 1.41 bits per heavy atom. The van der Waals surface area contributed by atoms with Gasteiger partial charge in [0.2, 0.25) is 5.91 Å². The normalized spacial score (nSPS) is 20.8. The molecule has 0 bridgehead atoms. The molecule has 2 aliphatic rings. The number of aliphatic hydroxyl groups excluding tert-OH is 1. The van der Waals surface area contributed by atoms with Gasteiger partial charge in [-0.1, -0.05) is 6.92 Å². The van der Waals surface area contributed by atoms with Gasteiger partial charge in [0.15, 0.2) is 5.13 Å². The number of thiazole rings is 1. The summed E-state index contributed by atoms with van der Waals surface area (Å²) in [6.07, 6.45) is 6.30. The van der Waals surface area contributed by atoms with Gasteiger partial charge in [-0.05, 0) is 57.0 Å². The molecule has 1 saturated heterocycles. The van der Waals surface area contributed by atoms with Crippen LogP contribution in [0.3, 0.4) is 0 Å². The second-order valence-electron chi connectivity index (χ2n) is 6.58. The van der Waals surface area contributed by atoms with Crippen LogP contribution in [0.15, 0.2) is 0 Å². The highest BCUT2D eigenvalue weighted by atomic mass is 32.1. The van der Waals surface area contributed by atoms with Crippen molar-refractivity contribution in [1.82, 2.24) is 9.88 Å². The number of hydrogen-bond donors (Lipinski definition) is 2. The second-order valence-corrected chi connectivity index (χ2v) is 7.66. The zero-order valence-electron chi connectivity index (χ0n) is 13.2. The van der Waals surface area contributed by atoms with E-state index in [0.717, 1.165) is 50.3 Å². The average Bonchev–Trinajstić information content (AvgIpc) is 3.09. The van der Waals surface area contributed by atoms with Crippen LogP contribution >= 0.6 is 11.3 Å². The van der Waals surface area contributed by atoms with Gasteiger partial charge in [0.25, 0.3) is 0 Å². The summed E-state index contributed by atoms with van der Waals surface area (Å²) in [7, 11) is 0. The zero-order valence-corrected chi connectivity index (χ0v) is 14.0. The average molecular weight is 323 g/mol. The van der Waals surface area contributed by atoms with Gasteiger partial charge in [-0.15, -0.1) is 11.3 Å². The fraction of sp³-hybridized carbons (Fsp3) is 0.750. The summed E-state index contributed by atoms with van der Waals surface area (Å²) in [6.45, 7) is 4.59. The second kappa shape index (κ2) is 6.64. The molecule has 0 radical (unpaired) electrons. The van der Waals surface area contributed by atoms with E-state index in [9.17, 15) is 9.90 Å². The maximum atomic E-state index is 12.2. The highest BCUT2D eigenvalue weighted by molar-refractivity contribution is 7.15. The van der Waals surface area contributed by atoms with E-state index in [0.29, 0.717) is 6.54 Å². The monoisotopic (exact) mass is 323 g/mol. The van der Waals surface area contributed by atoms with Crippen molar-refractivity contribution in [2.24, 2.45) is 5.41 Å². The molecule has 1 aliphatic carbocycles.